The summed E-state index contributed by atoms with van der Waals surface area (Å²) in [7, 11) is 1.91. The molecule has 2 saturated heterocycles. The maximum absolute atomic E-state index is 12.3. The van der Waals surface area contributed by atoms with Crippen LogP contribution < -0.4 is 10.2 Å². The highest BCUT2D eigenvalue weighted by atomic mass is 16.5. The molecular formula is C16H23N5O3. The quantitative estimate of drug-likeness (QED) is 0.874. The summed E-state index contributed by atoms with van der Waals surface area (Å²) in [6.07, 6.45) is 2.75. The molecule has 24 heavy (non-hydrogen) atoms. The van der Waals surface area contributed by atoms with Crippen molar-refractivity contribution in [3.05, 3.63) is 12.3 Å². The summed E-state index contributed by atoms with van der Waals surface area (Å²) in [6, 6.07) is 1.68. The number of carbonyl (C=O) groups is 2. The third-order valence-electron chi connectivity index (χ3n) is 4.37. The fraction of sp³-hybridized carbons (Fsp3) is 0.625. The van der Waals surface area contributed by atoms with Crippen LogP contribution >= 0.6 is 0 Å². The van der Waals surface area contributed by atoms with Crippen LogP contribution in [0.15, 0.2) is 12.3 Å². The van der Waals surface area contributed by atoms with E-state index in [0.29, 0.717) is 24.5 Å². The lowest BCUT2D eigenvalue weighted by atomic mass is 10.2. The number of likely N-dealkylation sites (N-methyl/N-ethyl adjacent to an activating group) is 1. The van der Waals surface area contributed by atoms with Gasteiger partial charge in [0.15, 0.2) is 5.82 Å². The number of hydrogen-bond acceptors (Lipinski definition) is 6. The average molecular weight is 333 g/mol. The molecule has 2 amide bonds. The van der Waals surface area contributed by atoms with E-state index in [9.17, 15) is 9.59 Å². The largest absolute Gasteiger partial charge is 0.365 e. The number of hydrogen-bond donors (Lipinski definition) is 1. The van der Waals surface area contributed by atoms with Crippen molar-refractivity contribution in [2.24, 2.45) is 0 Å². The van der Waals surface area contributed by atoms with Crippen molar-refractivity contribution in [3.63, 3.8) is 0 Å². The highest BCUT2D eigenvalue weighted by Crippen LogP contribution is 2.23. The Bertz CT molecular complexity index is 638. The molecule has 0 spiro atoms. The summed E-state index contributed by atoms with van der Waals surface area (Å²) in [5.74, 6) is 0.247. The molecule has 3 unspecified atom stereocenters. The Morgan fingerprint density at radius 1 is 1.38 bits per heavy atom. The first-order chi connectivity index (χ1) is 11.4. The van der Waals surface area contributed by atoms with E-state index in [2.05, 4.69) is 15.5 Å². The molecule has 2 fully saturated rings. The number of amides is 2. The van der Waals surface area contributed by atoms with Crippen LogP contribution in [0.1, 0.15) is 26.7 Å². The van der Waals surface area contributed by atoms with Crippen LogP contribution in [0.2, 0.25) is 0 Å². The minimum Gasteiger partial charge on any atom is -0.365 e. The lowest BCUT2D eigenvalue weighted by molar-refractivity contribution is -0.126. The molecule has 1 N–H and O–H groups in total. The molecular weight excluding hydrogens is 310 g/mol. The molecule has 0 radical (unpaired) electrons. The van der Waals surface area contributed by atoms with E-state index in [0.717, 1.165) is 13.0 Å². The number of nitrogens with zero attached hydrogens (tertiary/aromatic N) is 4. The van der Waals surface area contributed by atoms with Crippen LogP contribution in [0.25, 0.3) is 0 Å². The number of nitrogens with one attached hydrogen (secondary N) is 1. The van der Waals surface area contributed by atoms with E-state index in [-0.39, 0.29) is 24.0 Å². The highest BCUT2D eigenvalue weighted by molar-refractivity contribution is 5.97. The first kappa shape index (κ1) is 16.8. The smallest absolute Gasteiger partial charge is 0.253 e. The molecule has 3 heterocycles. The predicted octanol–water partition coefficient (Wildman–Crippen LogP) is 0.650. The van der Waals surface area contributed by atoms with Gasteiger partial charge in [-0.2, -0.15) is 5.10 Å². The van der Waals surface area contributed by atoms with Crippen LogP contribution in [0.4, 0.5) is 11.5 Å². The maximum atomic E-state index is 12.3. The lowest BCUT2D eigenvalue weighted by Crippen LogP contribution is -2.54. The Morgan fingerprint density at radius 3 is 2.83 bits per heavy atom. The highest BCUT2D eigenvalue weighted by Gasteiger charge is 2.31. The Labute approximate surface area is 141 Å². The summed E-state index contributed by atoms with van der Waals surface area (Å²) < 4.78 is 5.57. The molecule has 3 rings (SSSR count). The molecule has 1 aromatic heterocycles. The topological polar surface area (TPSA) is 87.7 Å². The van der Waals surface area contributed by atoms with E-state index in [1.807, 2.05) is 25.8 Å². The summed E-state index contributed by atoms with van der Waals surface area (Å²) >= 11 is 0. The molecule has 8 heteroatoms. The summed E-state index contributed by atoms with van der Waals surface area (Å²) in [4.78, 5) is 28.2. The Morgan fingerprint density at radius 2 is 2.17 bits per heavy atom. The summed E-state index contributed by atoms with van der Waals surface area (Å²) in [5.41, 5.74) is 0.520. The zero-order valence-corrected chi connectivity index (χ0v) is 14.2. The number of ether oxygens (including phenoxy) is 1. The van der Waals surface area contributed by atoms with Gasteiger partial charge in [0.25, 0.3) is 5.91 Å². The zero-order chi connectivity index (χ0) is 17.3. The van der Waals surface area contributed by atoms with E-state index >= 15 is 0 Å². The van der Waals surface area contributed by atoms with Crippen LogP contribution in [0, 0.1) is 0 Å². The Hall–Kier alpha value is -2.06. The fourth-order valence-electron chi connectivity index (χ4n) is 3.26. The van der Waals surface area contributed by atoms with Gasteiger partial charge in [0.05, 0.1) is 24.5 Å². The molecule has 1 aromatic rings. The number of rotatable bonds is 3. The van der Waals surface area contributed by atoms with Gasteiger partial charge in [0, 0.05) is 18.7 Å². The normalized spacial score (nSPS) is 28.2. The van der Waals surface area contributed by atoms with E-state index < -0.39 is 6.10 Å². The first-order valence-electron chi connectivity index (χ1n) is 8.23. The van der Waals surface area contributed by atoms with Crippen LogP contribution in [-0.2, 0) is 14.3 Å². The maximum Gasteiger partial charge on any atom is 0.253 e. The van der Waals surface area contributed by atoms with Gasteiger partial charge in [-0.15, -0.1) is 5.10 Å². The molecule has 0 aromatic carbocycles. The molecule has 3 atom stereocenters. The van der Waals surface area contributed by atoms with Crippen molar-refractivity contribution in [2.75, 3.05) is 30.4 Å². The standard InChI is InChI=1S/C16H23N5O3/c1-10-8-20(3)9-15(22)21(10)14-6-12(7-17-19-14)18-16(23)13-5-4-11(2)24-13/h6-7,10-11,13H,4-5,8-9H2,1-3H3,(H,18,19,23). The van der Waals surface area contributed by atoms with Crippen molar-refractivity contribution in [3.8, 4) is 0 Å². The van der Waals surface area contributed by atoms with Crippen molar-refractivity contribution in [1.29, 1.82) is 0 Å². The Kier molecular flexibility index (Phi) is 4.77. The fourth-order valence-corrected chi connectivity index (χ4v) is 3.26. The van der Waals surface area contributed by atoms with E-state index in [1.54, 1.807) is 11.0 Å². The van der Waals surface area contributed by atoms with Crippen molar-refractivity contribution in [1.82, 2.24) is 15.1 Å². The monoisotopic (exact) mass is 333 g/mol. The van der Waals surface area contributed by atoms with Crippen molar-refractivity contribution >= 4 is 23.3 Å². The summed E-state index contributed by atoms with van der Waals surface area (Å²) in [6.45, 7) is 5.03. The Balaban J connectivity index is 1.72. The molecule has 130 valence electrons. The number of aromatic nitrogens is 2. The van der Waals surface area contributed by atoms with Crippen LogP contribution in [0.5, 0.6) is 0 Å². The predicted molar refractivity (Wildman–Crippen MR) is 88.7 cm³/mol. The van der Waals surface area contributed by atoms with Gasteiger partial charge in [-0.25, -0.2) is 0 Å². The van der Waals surface area contributed by atoms with Crippen LogP contribution in [0.3, 0.4) is 0 Å². The number of carbonyl (C=O) groups excluding carboxylic acids is 2. The molecule has 2 aliphatic rings. The second-order valence-electron chi connectivity index (χ2n) is 6.61. The van der Waals surface area contributed by atoms with Crippen molar-refractivity contribution < 1.29 is 14.3 Å². The SMILES string of the molecule is CC1CCC(C(=O)Nc2cnnc(N3C(=O)CN(C)CC3C)c2)O1. The molecule has 2 aliphatic heterocycles. The average Bonchev–Trinajstić information content (AvgIpc) is 2.93. The van der Waals surface area contributed by atoms with Gasteiger partial charge in [-0.1, -0.05) is 0 Å². The first-order valence-corrected chi connectivity index (χ1v) is 8.23. The van der Waals surface area contributed by atoms with Crippen molar-refractivity contribution in [2.45, 2.75) is 44.9 Å². The van der Waals surface area contributed by atoms with Gasteiger partial charge in [0.1, 0.15) is 6.10 Å². The minimum atomic E-state index is -0.430. The molecule has 0 aliphatic carbocycles. The molecule has 8 nitrogen and oxygen atoms in total. The second kappa shape index (κ2) is 6.82. The lowest BCUT2D eigenvalue weighted by Gasteiger charge is -2.36. The molecule has 0 bridgehead atoms. The summed E-state index contributed by atoms with van der Waals surface area (Å²) in [5, 5.41) is 10.8. The van der Waals surface area contributed by atoms with E-state index in [1.165, 1.54) is 6.20 Å². The van der Waals surface area contributed by atoms with Gasteiger partial charge < -0.3 is 10.1 Å². The number of piperazine rings is 1. The van der Waals surface area contributed by atoms with Gasteiger partial charge >= 0.3 is 0 Å². The molecule has 0 saturated carbocycles. The van der Waals surface area contributed by atoms with Gasteiger partial charge in [-0.05, 0) is 33.7 Å². The zero-order valence-electron chi connectivity index (χ0n) is 14.2. The second-order valence-corrected chi connectivity index (χ2v) is 6.61. The van der Waals surface area contributed by atoms with Gasteiger partial charge in [0.2, 0.25) is 5.91 Å². The van der Waals surface area contributed by atoms with Crippen LogP contribution in [-0.4, -0.2) is 65.3 Å². The van der Waals surface area contributed by atoms with E-state index in [4.69, 9.17) is 4.74 Å². The number of anilines is 2. The third-order valence-corrected chi connectivity index (χ3v) is 4.37. The third kappa shape index (κ3) is 3.54. The minimum absolute atomic E-state index is 0.00415. The van der Waals surface area contributed by atoms with Gasteiger partial charge in [-0.3, -0.25) is 19.4 Å².